The van der Waals surface area contributed by atoms with Crippen molar-refractivity contribution in [1.82, 2.24) is 14.9 Å². The Balaban J connectivity index is 1.68. The normalized spacial score (nSPS) is 14.6. The Morgan fingerprint density at radius 3 is 2.67 bits per heavy atom. The van der Waals surface area contributed by atoms with Gasteiger partial charge in [0.25, 0.3) is 0 Å². The molecule has 3 aromatic rings. The molecule has 1 amide bonds. The molecule has 27 heavy (non-hydrogen) atoms. The van der Waals surface area contributed by atoms with Crippen LogP contribution in [0, 0.1) is 5.82 Å². The highest BCUT2D eigenvalue weighted by Gasteiger charge is 2.23. The van der Waals surface area contributed by atoms with Crippen molar-refractivity contribution < 1.29 is 14.0 Å². The Labute approximate surface area is 156 Å². The molecule has 138 valence electrons. The first kappa shape index (κ1) is 17.4. The fourth-order valence-corrected chi connectivity index (χ4v) is 3.65. The topological polar surface area (TPSA) is 64.0 Å². The molecule has 1 heterocycles. The number of halogens is 1. The highest BCUT2D eigenvalue weighted by molar-refractivity contribution is 6.08. The zero-order chi connectivity index (χ0) is 18.8. The summed E-state index contributed by atoms with van der Waals surface area (Å²) in [5.74, 6) is -0.886. The number of benzene rings is 2. The lowest BCUT2D eigenvalue weighted by Crippen LogP contribution is -2.35. The standard InChI is InChI=1S/C21H20FN3O2/c22-15-7-5-6-14(12-15)20(27)21-24-17-10-3-4-11-18(17)25(21)13-19(26)23-16-8-1-2-9-16/h3-7,10-12,16H,1-2,8-9,13H2,(H,23,26). The first-order chi connectivity index (χ1) is 13.1. The molecule has 1 saturated carbocycles. The minimum absolute atomic E-state index is 0.00734. The number of nitrogens with one attached hydrogen (secondary N) is 1. The largest absolute Gasteiger partial charge is 0.352 e. The number of para-hydroxylation sites is 2. The van der Waals surface area contributed by atoms with Crippen LogP contribution in [0.2, 0.25) is 0 Å². The average molecular weight is 365 g/mol. The Morgan fingerprint density at radius 2 is 1.89 bits per heavy atom. The van der Waals surface area contributed by atoms with Gasteiger partial charge in [-0.2, -0.15) is 0 Å². The van der Waals surface area contributed by atoms with Gasteiger partial charge in [0.1, 0.15) is 12.4 Å². The summed E-state index contributed by atoms with van der Waals surface area (Å²) in [4.78, 5) is 29.9. The highest BCUT2D eigenvalue weighted by Crippen LogP contribution is 2.20. The lowest BCUT2D eigenvalue weighted by atomic mass is 10.1. The summed E-state index contributed by atoms with van der Waals surface area (Å²) in [6.07, 6.45) is 4.24. The Morgan fingerprint density at radius 1 is 1.11 bits per heavy atom. The zero-order valence-corrected chi connectivity index (χ0v) is 14.8. The van der Waals surface area contributed by atoms with E-state index in [1.807, 2.05) is 18.2 Å². The van der Waals surface area contributed by atoms with E-state index in [1.54, 1.807) is 16.7 Å². The van der Waals surface area contributed by atoms with Crippen molar-refractivity contribution in [2.24, 2.45) is 0 Å². The summed E-state index contributed by atoms with van der Waals surface area (Å²) in [7, 11) is 0. The molecule has 1 fully saturated rings. The van der Waals surface area contributed by atoms with Crippen LogP contribution in [0.15, 0.2) is 48.5 Å². The smallest absolute Gasteiger partial charge is 0.240 e. The van der Waals surface area contributed by atoms with E-state index < -0.39 is 11.6 Å². The number of amides is 1. The fourth-order valence-electron chi connectivity index (χ4n) is 3.65. The van der Waals surface area contributed by atoms with Gasteiger partial charge in [0.05, 0.1) is 11.0 Å². The number of carbonyl (C=O) groups is 2. The van der Waals surface area contributed by atoms with Gasteiger partial charge in [-0.05, 0) is 37.1 Å². The van der Waals surface area contributed by atoms with Crippen LogP contribution in [0.3, 0.4) is 0 Å². The van der Waals surface area contributed by atoms with Crippen molar-refractivity contribution in [3.8, 4) is 0 Å². The van der Waals surface area contributed by atoms with Gasteiger partial charge >= 0.3 is 0 Å². The number of aromatic nitrogens is 2. The molecular formula is C21H20FN3O2. The van der Waals surface area contributed by atoms with Crippen LogP contribution in [0.4, 0.5) is 4.39 Å². The van der Waals surface area contributed by atoms with Crippen LogP contribution < -0.4 is 5.32 Å². The van der Waals surface area contributed by atoms with E-state index in [0.29, 0.717) is 11.0 Å². The van der Waals surface area contributed by atoms with Gasteiger partial charge in [0, 0.05) is 11.6 Å². The average Bonchev–Trinajstić information content (AvgIpc) is 3.29. The molecule has 0 unspecified atom stereocenters. The van der Waals surface area contributed by atoms with E-state index in [9.17, 15) is 14.0 Å². The second kappa shape index (κ2) is 7.31. The quantitative estimate of drug-likeness (QED) is 0.704. The number of fused-ring (bicyclic) bond motifs is 1. The summed E-state index contributed by atoms with van der Waals surface area (Å²) < 4.78 is 15.2. The predicted molar refractivity (Wildman–Crippen MR) is 100.0 cm³/mol. The van der Waals surface area contributed by atoms with E-state index in [2.05, 4.69) is 10.3 Å². The third-order valence-corrected chi connectivity index (χ3v) is 4.97. The number of nitrogens with zero attached hydrogens (tertiary/aromatic N) is 2. The van der Waals surface area contributed by atoms with E-state index in [-0.39, 0.29) is 29.9 Å². The third kappa shape index (κ3) is 3.60. The molecule has 0 aliphatic heterocycles. The Kier molecular flexibility index (Phi) is 4.71. The SMILES string of the molecule is O=C(Cn1c(C(=O)c2cccc(F)c2)nc2ccccc21)NC1CCCC1. The Hall–Kier alpha value is -3.02. The first-order valence-corrected chi connectivity index (χ1v) is 9.17. The maximum Gasteiger partial charge on any atom is 0.240 e. The molecule has 2 aromatic carbocycles. The number of hydrogen-bond donors (Lipinski definition) is 1. The van der Waals surface area contributed by atoms with Crippen LogP contribution in [-0.4, -0.2) is 27.3 Å². The molecule has 1 aliphatic rings. The van der Waals surface area contributed by atoms with Crippen molar-refractivity contribution in [2.45, 2.75) is 38.3 Å². The molecule has 6 heteroatoms. The summed E-state index contributed by atoms with van der Waals surface area (Å²) in [5, 5.41) is 3.04. The lowest BCUT2D eigenvalue weighted by molar-refractivity contribution is -0.122. The number of imidazole rings is 1. The van der Waals surface area contributed by atoms with Crippen LogP contribution in [-0.2, 0) is 11.3 Å². The second-order valence-corrected chi connectivity index (χ2v) is 6.90. The molecule has 1 N–H and O–H groups in total. The fraction of sp³-hybridized carbons (Fsp3) is 0.286. The van der Waals surface area contributed by atoms with Crippen molar-refractivity contribution in [3.63, 3.8) is 0 Å². The van der Waals surface area contributed by atoms with Crippen LogP contribution in [0.25, 0.3) is 11.0 Å². The molecule has 5 nitrogen and oxygen atoms in total. The first-order valence-electron chi connectivity index (χ1n) is 9.17. The van der Waals surface area contributed by atoms with Gasteiger partial charge < -0.3 is 9.88 Å². The molecule has 0 atom stereocenters. The number of ketones is 1. The molecule has 0 bridgehead atoms. The lowest BCUT2D eigenvalue weighted by Gasteiger charge is -2.14. The maximum atomic E-state index is 13.5. The molecule has 4 rings (SSSR count). The van der Waals surface area contributed by atoms with Crippen molar-refractivity contribution in [2.75, 3.05) is 0 Å². The number of rotatable bonds is 5. The summed E-state index contributed by atoms with van der Waals surface area (Å²) >= 11 is 0. The van der Waals surface area contributed by atoms with E-state index >= 15 is 0 Å². The van der Waals surface area contributed by atoms with Gasteiger partial charge in [-0.15, -0.1) is 0 Å². The molecule has 1 aromatic heterocycles. The maximum absolute atomic E-state index is 13.5. The van der Waals surface area contributed by atoms with Crippen molar-refractivity contribution in [1.29, 1.82) is 0 Å². The minimum atomic E-state index is -0.484. The summed E-state index contributed by atoms with van der Waals surface area (Å²) in [6, 6.07) is 13.0. The van der Waals surface area contributed by atoms with Crippen molar-refractivity contribution in [3.05, 3.63) is 65.7 Å². The zero-order valence-electron chi connectivity index (χ0n) is 14.8. The van der Waals surface area contributed by atoms with Crippen LogP contribution >= 0.6 is 0 Å². The van der Waals surface area contributed by atoms with E-state index in [0.717, 1.165) is 25.7 Å². The second-order valence-electron chi connectivity index (χ2n) is 6.90. The summed E-state index contributed by atoms with van der Waals surface area (Å²) in [5.41, 5.74) is 1.55. The third-order valence-electron chi connectivity index (χ3n) is 4.97. The van der Waals surface area contributed by atoms with Gasteiger partial charge in [-0.1, -0.05) is 37.1 Å². The van der Waals surface area contributed by atoms with Gasteiger partial charge in [-0.3, -0.25) is 9.59 Å². The van der Waals surface area contributed by atoms with E-state index in [4.69, 9.17) is 0 Å². The molecule has 1 aliphatic carbocycles. The minimum Gasteiger partial charge on any atom is -0.352 e. The molecule has 0 saturated heterocycles. The van der Waals surface area contributed by atoms with Crippen LogP contribution in [0.1, 0.15) is 41.9 Å². The Bertz CT molecular complexity index is 1010. The van der Waals surface area contributed by atoms with Crippen LogP contribution in [0.5, 0.6) is 0 Å². The molecule has 0 radical (unpaired) electrons. The van der Waals surface area contributed by atoms with Gasteiger partial charge in [0.2, 0.25) is 11.7 Å². The summed E-state index contributed by atoms with van der Waals surface area (Å²) in [6.45, 7) is 0.00734. The van der Waals surface area contributed by atoms with Crippen molar-refractivity contribution >= 4 is 22.7 Å². The predicted octanol–water partition coefficient (Wildman–Crippen LogP) is 3.47. The van der Waals surface area contributed by atoms with Gasteiger partial charge in [0.15, 0.2) is 5.82 Å². The monoisotopic (exact) mass is 365 g/mol. The number of carbonyl (C=O) groups excluding carboxylic acids is 2. The van der Waals surface area contributed by atoms with Gasteiger partial charge in [-0.25, -0.2) is 9.37 Å². The number of hydrogen-bond acceptors (Lipinski definition) is 3. The molecular weight excluding hydrogens is 345 g/mol. The molecule has 0 spiro atoms. The highest BCUT2D eigenvalue weighted by atomic mass is 19.1. The van der Waals surface area contributed by atoms with E-state index in [1.165, 1.54) is 18.2 Å².